The third kappa shape index (κ3) is 27.8. The number of unbranched alkanes of at least 4 members (excludes halogenated alkanes) is 1. The Morgan fingerprint density at radius 1 is 1.10 bits per heavy atom. The summed E-state index contributed by atoms with van der Waals surface area (Å²) in [5.41, 5.74) is 9.40. The van der Waals surface area contributed by atoms with Crippen molar-refractivity contribution in [1.82, 2.24) is 15.5 Å². The molecule has 0 aromatic heterocycles. The highest BCUT2D eigenvalue weighted by Gasteiger charge is 2.28. The Bertz CT molecular complexity index is 630. The lowest BCUT2D eigenvalue weighted by atomic mass is 10.0. The molecule has 0 unspecified atom stereocenters. The Labute approximate surface area is 186 Å². The standard InChI is InChI=1S/C12H23N5O2.C6H15N.H2O4S/c1-4-9(18)17-12(2,3)10(19)15-7-5-6-8-16-11(13)14;1-4-7(5-2)6-3;1-5(2,3)4/h4H,1,5-8H2,2-3H3,(H,15,19)(H,17,18)(H4,13,14,16);4-6H2,1-3H3;(H2,1,2,3,4). The molecule has 31 heavy (non-hydrogen) atoms. The molecule has 0 heterocycles. The molecule has 12 nitrogen and oxygen atoms in total. The number of guanidine groups is 1. The van der Waals surface area contributed by atoms with Crippen molar-refractivity contribution in [1.29, 1.82) is 0 Å². The molecule has 0 aliphatic rings. The molecule has 2 amide bonds. The highest BCUT2D eigenvalue weighted by Crippen LogP contribution is 2.02. The van der Waals surface area contributed by atoms with Crippen LogP contribution in [0.4, 0.5) is 0 Å². The minimum atomic E-state index is -4.67. The van der Waals surface area contributed by atoms with Gasteiger partial charge < -0.3 is 27.0 Å². The van der Waals surface area contributed by atoms with Gasteiger partial charge in [0.25, 0.3) is 0 Å². The average molecular weight is 469 g/mol. The highest BCUT2D eigenvalue weighted by atomic mass is 32.3. The summed E-state index contributed by atoms with van der Waals surface area (Å²) in [5.74, 6) is -0.560. The smallest absolute Gasteiger partial charge is 0.370 e. The second kappa shape index (κ2) is 18.5. The first-order valence-corrected chi connectivity index (χ1v) is 11.2. The summed E-state index contributed by atoms with van der Waals surface area (Å²) in [6, 6.07) is 0. The lowest BCUT2D eigenvalue weighted by Crippen LogP contribution is -2.54. The predicted octanol–water partition coefficient (Wildman–Crippen LogP) is -0.0677. The minimum Gasteiger partial charge on any atom is -0.370 e. The lowest BCUT2D eigenvalue weighted by molar-refractivity contribution is -0.130. The van der Waals surface area contributed by atoms with Crippen LogP contribution in [0.3, 0.4) is 0 Å². The number of hydrogen-bond donors (Lipinski definition) is 6. The van der Waals surface area contributed by atoms with Gasteiger partial charge in [0, 0.05) is 13.1 Å². The van der Waals surface area contributed by atoms with Gasteiger partial charge in [0.2, 0.25) is 11.8 Å². The lowest BCUT2D eigenvalue weighted by Gasteiger charge is -2.24. The van der Waals surface area contributed by atoms with Gasteiger partial charge in [0.1, 0.15) is 5.54 Å². The van der Waals surface area contributed by atoms with Gasteiger partial charge in [-0.25, -0.2) is 0 Å². The van der Waals surface area contributed by atoms with Crippen LogP contribution >= 0.6 is 0 Å². The van der Waals surface area contributed by atoms with Crippen molar-refractivity contribution in [2.75, 3.05) is 32.7 Å². The van der Waals surface area contributed by atoms with Gasteiger partial charge in [-0.1, -0.05) is 27.4 Å². The first-order chi connectivity index (χ1) is 14.1. The number of aliphatic imine (C=N–C) groups is 1. The first kappa shape index (κ1) is 33.4. The zero-order valence-electron chi connectivity index (χ0n) is 19.2. The molecular formula is C18H40N6O6S. The van der Waals surface area contributed by atoms with Crippen molar-refractivity contribution in [3.63, 3.8) is 0 Å². The van der Waals surface area contributed by atoms with E-state index in [1.807, 2.05) is 0 Å². The van der Waals surface area contributed by atoms with Crippen molar-refractivity contribution >= 4 is 28.2 Å². The second-order valence-corrected chi connectivity index (χ2v) is 7.55. The molecule has 0 aliphatic carbocycles. The van der Waals surface area contributed by atoms with E-state index >= 15 is 0 Å². The number of amides is 2. The van der Waals surface area contributed by atoms with Crippen molar-refractivity contribution in [3.8, 4) is 0 Å². The van der Waals surface area contributed by atoms with Crippen molar-refractivity contribution in [3.05, 3.63) is 12.7 Å². The molecule has 0 spiro atoms. The SMILES string of the molecule is C=CC(=O)NC(C)(C)C(=O)NCCCCN=C(N)N.CCN(CC)CC.O=S(=O)(O)O. The third-order valence-corrected chi connectivity index (χ3v) is 3.70. The van der Waals surface area contributed by atoms with Crippen LogP contribution in [0.25, 0.3) is 0 Å². The van der Waals surface area contributed by atoms with E-state index in [2.05, 4.69) is 47.9 Å². The summed E-state index contributed by atoms with van der Waals surface area (Å²) in [6.45, 7) is 17.8. The molecule has 8 N–H and O–H groups in total. The van der Waals surface area contributed by atoms with Crippen LogP contribution in [0.2, 0.25) is 0 Å². The van der Waals surface area contributed by atoms with Crippen LogP contribution < -0.4 is 22.1 Å². The number of carbonyl (C=O) groups excluding carboxylic acids is 2. The number of hydrogen-bond acceptors (Lipinski definition) is 6. The van der Waals surface area contributed by atoms with E-state index in [-0.39, 0.29) is 17.8 Å². The zero-order chi connectivity index (χ0) is 25.1. The van der Waals surface area contributed by atoms with Crippen LogP contribution in [-0.2, 0) is 20.0 Å². The monoisotopic (exact) mass is 468 g/mol. The van der Waals surface area contributed by atoms with Gasteiger partial charge >= 0.3 is 10.4 Å². The third-order valence-electron chi connectivity index (χ3n) is 3.70. The summed E-state index contributed by atoms with van der Waals surface area (Å²) >= 11 is 0. The van der Waals surface area contributed by atoms with E-state index in [1.165, 1.54) is 19.6 Å². The van der Waals surface area contributed by atoms with E-state index < -0.39 is 15.9 Å². The maximum Gasteiger partial charge on any atom is 0.394 e. The molecule has 0 fully saturated rings. The molecule has 0 aliphatic heterocycles. The largest absolute Gasteiger partial charge is 0.394 e. The Morgan fingerprint density at radius 3 is 1.87 bits per heavy atom. The molecule has 0 atom stereocenters. The Balaban J connectivity index is -0.000000533. The van der Waals surface area contributed by atoms with Crippen molar-refractivity contribution in [2.45, 2.75) is 53.0 Å². The van der Waals surface area contributed by atoms with Crippen molar-refractivity contribution in [2.24, 2.45) is 16.5 Å². The van der Waals surface area contributed by atoms with Gasteiger partial charge in [-0.3, -0.25) is 23.7 Å². The molecule has 0 rings (SSSR count). The fourth-order valence-electron chi connectivity index (χ4n) is 1.95. The van der Waals surface area contributed by atoms with Gasteiger partial charge in [-0.05, 0) is 52.4 Å². The summed E-state index contributed by atoms with van der Waals surface area (Å²) in [4.78, 5) is 29.2. The van der Waals surface area contributed by atoms with Gasteiger partial charge in [-0.2, -0.15) is 8.42 Å². The Morgan fingerprint density at radius 2 is 1.55 bits per heavy atom. The van der Waals surface area contributed by atoms with Crippen LogP contribution in [-0.4, -0.2) is 78.5 Å². The number of rotatable bonds is 11. The van der Waals surface area contributed by atoms with Gasteiger partial charge in [0.05, 0.1) is 0 Å². The van der Waals surface area contributed by atoms with Gasteiger partial charge in [0.15, 0.2) is 5.96 Å². The number of nitrogens with one attached hydrogen (secondary N) is 2. The van der Waals surface area contributed by atoms with Crippen LogP contribution in [0.1, 0.15) is 47.5 Å². The minimum absolute atomic E-state index is 0.0670. The quantitative estimate of drug-likeness (QED) is 0.0789. The maximum absolute atomic E-state index is 11.8. The summed E-state index contributed by atoms with van der Waals surface area (Å²) in [6.07, 6.45) is 2.66. The van der Waals surface area contributed by atoms with Crippen molar-refractivity contribution < 1.29 is 27.1 Å². The van der Waals surface area contributed by atoms with E-state index in [0.29, 0.717) is 13.1 Å². The molecule has 184 valence electrons. The van der Waals surface area contributed by atoms with E-state index in [4.69, 9.17) is 29.0 Å². The number of carbonyl (C=O) groups is 2. The predicted molar refractivity (Wildman–Crippen MR) is 123 cm³/mol. The van der Waals surface area contributed by atoms with Gasteiger partial charge in [-0.15, -0.1) is 0 Å². The molecule has 0 aromatic carbocycles. The fraction of sp³-hybridized carbons (Fsp3) is 0.722. The fourth-order valence-corrected chi connectivity index (χ4v) is 1.95. The molecule has 0 aromatic rings. The maximum atomic E-state index is 11.8. The molecule has 0 radical (unpaired) electrons. The zero-order valence-corrected chi connectivity index (χ0v) is 20.0. The highest BCUT2D eigenvalue weighted by molar-refractivity contribution is 7.79. The normalized spacial score (nSPS) is 10.6. The molecule has 13 heteroatoms. The van der Waals surface area contributed by atoms with E-state index in [1.54, 1.807) is 13.8 Å². The van der Waals surface area contributed by atoms with E-state index in [0.717, 1.165) is 18.9 Å². The number of nitrogens with two attached hydrogens (primary N) is 2. The Kier molecular flexibility index (Phi) is 20.0. The molecule has 0 saturated heterocycles. The van der Waals surface area contributed by atoms with Crippen LogP contribution in [0.15, 0.2) is 17.6 Å². The second-order valence-electron chi connectivity index (χ2n) is 6.66. The molecular weight excluding hydrogens is 428 g/mol. The summed E-state index contributed by atoms with van der Waals surface area (Å²) in [7, 11) is -4.67. The Hall–Kier alpha value is -2.22. The summed E-state index contributed by atoms with van der Waals surface area (Å²) in [5, 5.41) is 5.29. The first-order valence-electron chi connectivity index (χ1n) is 9.84. The van der Waals surface area contributed by atoms with E-state index in [9.17, 15) is 9.59 Å². The van der Waals surface area contributed by atoms with Crippen LogP contribution in [0, 0.1) is 0 Å². The topological polar surface area (TPSA) is 200 Å². The van der Waals surface area contributed by atoms with Crippen LogP contribution in [0.5, 0.6) is 0 Å². The summed E-state index contributed by atoms with van der Waals surface area (Å²) < 4.78 is 31.6. The number of nitrogens with zero attached hydrogens (tertiary/aromatic N) is 2. The molecule has 0 saturated carbocycles. The average Bonchev–Trinajstić information content (AvgIpc) is 2.64. The molecule has 0 bridgehead atoms.